The fourth-order valence-electron chi connectivity index (χ4n) is 2.09. The van der Waals surface area contributed by atoms with E-state index in [1.54, 1.807) is 4.90 Å². The molecule has 1 atom stereocenters. The Morgan fingerprint density at radius 3 is 2.39 bits per heavy atom. The molecular weight excluding hydrogens is 262 g/mol. The SMILES string of the molecule is Cl.NCC1CC(=O)N(Cc2cc(F)cc(F)c2)C1. The molecule has 6 heteroatoms. The largest absolute Gasteiger partial charge is 0.338 e. The van der Waals surface area contributed by atoms with Gasteiger partial charge in [-0.3, -0.25) is 4.79 Å². The first-order valence-electron chi connectivity index (χ1n) is 5.51. The normalized spacial score (nSPS) is 18.9. The van der Waals surface area contributed by atoms with Crippen LogP contribution in [0.15, 0.2) is 18.2 Å². The second kappa shape index (κ2) is 6.11. The second-order valence-corrected chi connectivity index (χ2v) is 4.36. The van der Waals surface area contributed by atoms with E-state index in [0.717, 1.165) is 6.07 Å². The molecule has 0 radical (unpaired) electrons. The highest BCUT2D eigenvalue weighted by Gasteiger charge is 2.28. The van der Waals surface area contributed by atoms with Crippen molar-refractivity contribution in [3.63, 3.8) is 0 Å². The van der Waals surface area contributed by atoms with Gasteiger partial charge in [0.15, 0.2) is 0 Å². The fraction of sp³-hybridized carbons (Fsp3) is 0.417. The molecule has 18 heavy (non-hydrogen) atoms. The molecule has 1 amide bonds. The van der Waals surface area contributed by atoms with Crippen LogP contribution in [-0.2, 0) is 11.3 Å². The number of likely N-dealkylation sites (tertiary alicyclic amines) is 1. The average Bonchev–Trinajstić information content (AvgIpc) is 2.58. The van der Waals surface area contributed by atoms with Crippen LogP contribution in [-0.4, -0.2) is 23.9 Å². The van der Waals surface area contributed by atoms with Crippen LogP contribution in [0.3, 0.4) is 0 Å². The third-order valence-electron chi connectivity index (χ3n) is 2.92. The van der Waals surface area contributed by atoms with Crippen LogP contribution in [0.5, 0.6) is 0 Å². The minimum Gasteiger partial charge on any atom is -0.338 e. The average molecular weight is 277 g/mol. The Hall–Kier alpha value is -1.20. The number of amides is 1. The third kappa shape index (κ3) is 3.40. The summed E-state index contributed by atoms with van der Waals surface area (Å²) in [4.78, 5) is 13.2. The minimum atomic E-state index is -0.623. The first kappa shape index (κ1) is 14.9. The molecule has 2 rings (SSSR count). The molecule has 0 aromatic heterocycles. The molecule has 0 bridgehead atoms. The number of halogens is 3. The first-order chi connectivity index (χ1) is 8.08. The number of carbonyl (C=O) groups is 1. The molecule has 3 nitrogen and oxygen atoms in total. The van der Waals surface area contributed by atoms with E-state index in [0.29, 0.717) is 25.1 Å². The van der Waals surface area contributed by atoms with Gasteiger partial charge in [-0.15, -0.1) is 12.4 Å². The number of nitrogens with two attached hydrogens (primary N) is 1. The van der Waals surface area contributed by atoms with Crippen LogP contribution in [0.2, 0.25) is 0 Å². The maximum atomic E-state index is 13.0. The lowest BCUT2D eigenvalue weighted by atomic mass is 10.1. The van der Waals surface area contributed by atoms with E-state index in [2.05, 4.69) is 0 Å². The molecule has 0 aliphatic carbocycles. The fourth-order valence-corrected chi connectivity index (χ4v) is 2.09. The summed E-state index contributed by atoms with van der Waals surface area (Å²) in [5.41, 5.74) is 5.97. The Bertz CT molecular complexity index is 422. The first-order valence-corrected chi connectivity index (χ1v) is 5.51. The van der Waals surface area contributed by atoms with Crippen molar-refractivity contribution in [2.45, 2.75) is 13.0 Å². The minimum absolute atomic E-state index is 0. The summed E-state index contributed by atoms with van der Waals surface area (Å²) in [6.45, 7) is 1.26. The van der Waals surface area contributed by atoms with Gasteiger partial charge in [-0.1, -0.05) is 0 Å². The molecule has 1 heterocycles. The zero-order chi connectivity index (χ0) is 12.4. The predicted molar refractivity (Wildman–Crippen MR) is 66.2 cm³/mol. The van der Waals surface area contributed by atoms with Crippen LogP contribution in [0, 0.1) is 17.6 Å². The highest BCUT2D eigenvalue weighted by atomic mass is 35.5. The summed E-state index contributed by atoms with van der Waals surface area (Å²) in [6, 6.07) is 3.30. The number of hydrogen-bond donors (Lipinski definition) is 1. The molecule has 1 aliphatic heterocycles. The summed E-state index contributed by atoms with van der Waals surface area (Å²) in [5.74, 6) is -1.10. The van der Waals surface area contributed by atoms with Gasteiger partial charge in [0.2, 0.25) is 5.91 Å². The summed E-state index contributed by atoms with van der Waals surface area (Å²) >= 11 is 0. The van der Waals surface area contributed by atoms with Crippen LogP contribution in [0.4, 0.5) is 8.78 Å². The van der Waals surface area contributed by atoms with Gasteiger partial charge in [-0.05, 0) is 30.2 Å². The lowest BCUT2D eigenvalue weighted by Crippen LogP contribution is -2.25. The molecule has 0 spiro atoms. The van der Waals surface area contributed by atoms with Crippen molar-refractivity contribution in [3.05, 3.63) is 35.4 Å². The van der Waals surface area contributed by atoms with Crippen molar-refractivity contribution in [3.8, 4) is 0 Å². The van der Waals surface area contributed by atoms with E-state index < -0.39 is 11.6 Å². The van der Waals surface area contributed by atoms with Gasteiger partial charge in [-0.2, -0.15) is 0 Å². The molecule has 0 saturated carbocycles. The molecule has 1 aromatic rings. The van der Waals surface area contributed by atoms with Crippen molar-refractivity contribution < 1.29 is 13.6 Å². The Morgan fingerprint density at radius 2 is 1.89 bits per heavy atom. The highest BCUT2D eigenvalue weighted by molar-refractivity contribution is 5.85. The van der Waals surface area contributed by atoms with E-state index in [1.165, 1.54) is 12.1 Å². The summed E-state index contributed by atoms with van der Waals surface area (Å²) in [5, 5.41) is 0. The summed E-state index contributed by atoms with van der Waals surface area (Å²) in [6.07, 6.45) is 0.425. The standard InChI is InChI=1S/C12H14F2N2O.ClH/c13-10-1-8(2-11(14)4-10)6-16-7-9(5-15)3-12(16)17;/h1-2,4,9H,3,5-7,15H2;1H. The monoisotopic (exact) mass is 276 g/mol. The van der Waals surface area contributed by atoms with E-state index >= 15 is 0 Å². The quantitative estimate of drug-likeness (QED) is 0.913. The smallest absolute Gasteiger partial charge is 0.223 e. The molecule has 1 aliphatic rings. The summed E-state index contributed by atoms with van der Waals surface area (Å²) in [7, 11) is 0. The number of benzene rings is 1. The van der Waals surface area contributed by atoms with Crippen molar-refractivity contribution >= 4 is 18.3 Å². The van der Waals surface area contributed by atoms with Gasteiger partial charge in [-0.25, -0.2) is 8.78 Å². The Morgan fingerprint density at radius 1 is 1.28 bits per heavy atom. The molecule has 1 saturated heterocycles. The van der Waals surface area contributed by atoms with Gasteiger partial charge in [0.25, 0.3) is 0 Å². The lowest BCUT2D eigenvalue weighted by Gasteiger charge is -2.16. The van der Waals surface area contributed by atoms with Gasteiger partial charge in [0.1, 0.15) is 11.6 Å². The van der Waals surface area contributed by atoms with Gasteiger partial charge < -0.3 is 10.6 Å². The molecule has 100 valence electrons. The lowest BCUT2D eigenvalue weighted by molar-refractivity contribution is -0.128. The van der Waals surface area contributed by atoms with Crippen LogP contribution in [0.1, 0.15) is 12.0 Å². The van der Waals surface area contributed by atoms with Crippen LogP contribution in [0.25, 0.3) is 0 Å². The second-order valence-electron chi connectivity index (χ2n) is 4.36. The van der Waals surface area contributed by atoms with Gasteiger partial charge in [0.05, 0.1) is 0 Å². The topological polar surface area (TPSA) is 46.3 Å². The van der Waals surface area contributed by atoms with E-state index in [9.17, 15) is 13.6 Å². The van der Waals surface area contributed by atoms with Crippen LogP contribution >= 0.6 is 12.4 Å². The maximum absolute atomic E-state index is 13.0. The van der Waals surface area contributed by atoms with E-state index in [4.69, 9.17) is 5.73 Å². The zero-order valence-corrected chi connectivity index (χ0v) is 10.6. The van der Waals surface area contributed by atoms with Crippen LogP contribution < -0.4 is 5.73 Å². The van der Waals surface area contributed by atoms with Gasteiger partial charge >= 0.3 is 0 Å². The third-order valence-corrected chi connectivity index (χ3v) is 2.92. The Balaban J connectivity index is 0.00000162. The molecular formula is C12H15ClF2N2O. The number of rotatable bonds is 3. The van der Waals surface area contributed by atoms with E-state index in [-0.39, 0.29) is 30.8 Å². The van der Waals surface area contributed by atoms with Crippen molar-refractivity contribution in [2.24, 2.45) is 11.7 Å². The van der Waals surface area contributed by atoms with Crippen molar-refractivity contribution in [2.75, 3.05) is 13.1 Å². The molecule has 1 fully saturated rings. The number of carbonyl (C=O) groups excluding carboxylic acids is 1. The van der Waals surface area contributed by atoms with Gasteiger partial charge in [0, 0.05) is 25.6 Å². The zero-order valence-electron chi connectivity index (χ0n) is 9.73. The molecule has 1 aromatic carbocycles. The predicted octanol–water partition coefficient (Wildman–Crippen LogP) is 1.69. The Labute approximate surface area is 110 Å². The number of nitrogens with zero attached hydrogens (tertiary/aromatic N) is 1. The molecule has 2 N–H and O–H groups in total. The maximum Gasteiger partial charge on any atom is 0.223 e. The number of hydrogen-bond acceptors (Lipinski definition) is 2. The van der Waals surface area contributed by atoms with Crippen molar-refractivity contribution in [1.29, 1.82) is 0 Å². The molecule has 1 unspecified atom stereocenters. The highest BCUT2D eigenvalue weighted by Crippen LogP contribution is 2.20. The Kier molecular flexibility index (Phi) is 5.04. The van der Waals surface area contributed by atoms with Crippen molar-refractivity contribution in [1.82, 2.24) is 4.90 Å². The summed E-state index contributed by atoms with van der Waals surface area (Å²) < 4.78 is 26.0. The van der Waals surface area contributed by atoms with E-state index in [1.807, 2.05) is 0 Å².